The van der Waals surface area contributed by atoms with Gasteiger partial charge in [0.05, 0.1) is 0 Å². The highest BCUT2D eigenvalue weighted by atomic mass is 79.9. The molecule has 1 aromatic carbocycles. The minimum Gasteiger partial charge on any atom is -0.325 e. The van der Waals surface area contributed by atoms with E-state index in [-0.39, 0.29) is 5.56 Å². The van der Waals surface area contributed by atoms with Gasteiger partial charge in [-0.2, -0.15) is 0 Å². The molecule has 1 N–H and O–H groups in total. The molecule has 4 heteroatoms. The van der Waals surface area contributed by atoms with Crippen LogP contribution in [0.1, 0.15) is 5.69 Å². The van der Waals surface area contributed by atoms with Crippen molar-refractivity contribution in [1.29, 1.82) is 0 Å². The first-order valence-electron chi connectivity index (χ1n) is 4.07. The molecule has 0 amide bonds. The SMILES string of the molecule is Cc1[nH]c(=O)c2ccc(Cl)cc2c1Br. The van der Waals surface area contributed by atoms with Crippen molar-refractivity contribution in [2.45, 2.75) is 6.92 Å². The van der Waals surface area contributed by atoms with E-state index in [9.17, 15) is 4.79 Å². The normalized spacial score (nSPS) is 10.8. The van der Waals surface area contributed by atoms with Crippen molar-refractivity contribution >= 4 is 38.3 Å². The average Bonchev–Trinajstić information content (AvgIpc) is 2.14. The number of hydrogen-bond acceptors (Lipinski definition) is 1. The number of benzene rings is 1. The van der Waals surface area contributed by atoms with Gasteiger partial charge in [0.15, 0.2) is 0 Å². The fraction of sp³-hybridized carbons (Fsp3) is 0.100. The molecule has 2 nitrogen and oxygen atoms in total. The molecule has 0 aliphatic carbocycles. The summed E-state index contributed by atoms with van der Waals surface area (Å²) in [4.78, 5) is 14.3. The molecular weight excluding hydrogens is 265 g/mol. The molecule has 0 unspecified atom stereocenters. The Bertz CT molecular complexity index is 562. The van der Waals surface area contributed by atoms with E-state index in [1.807, 2.05) is 6.92 Å². The van der Waals surface area contributed by atoms with E-state index < -0.39 is 0 Å². The van der Waals surface area contributed by atoms with Crippen LogP contribution in [-0.4, -0.2) is 4.98 Å². The van der Waals surface area contributed by atoms with Crippen molar-refractivity contribution < 1.29 is 0 Å². The molecule has 0 atom stereocenters. The Morgan fingerprint density at radius 2 is 2.07 bits per heavy atom. The predicted molar refractivity (Wildman–Crippen MR) is 62.0 cm³/mol. The average molecular weight is 273 g/mol. The number of nitrogens with one attached hydrogen (secondary N) is 1. The van der Waals surface area contributed by atoms with Crippen LogP contribution in [0.2, 0.25) is 5.02 Å². The Kier molecular flexibility index (Phi) is 2.37. The third-order valence-corrected chi connectivity index (χ3v) is 3.35. The lowest BCUT2D eigenvalue weighted by Crippen LogP contribution is -2.08. The second-order valence-electron chi connectivity index (χ2n) is 3.08. The molecule has 0 bridgehead atoms. The second kappa shape index (κ2) is 3.41. The topological polar surface area (TPSA) is 32.9 Å². The fourth-order valence-corrected chi connectivity index (χ4v) is 1.99. The molecule has 1 heterocycles. The highest BCUT2D eigenvalue weighted by molar-refractivity contribution is 9.10. The monoisotopic (exact) mass is 271 g/mol. The Morgan fingerprint density at radius 1 is 1.36 bits per heavy atom. The van der Waals surface area contributed by atoms with Crippen molar-refractivity contribution in [2.75, 3.05) is 0 Å². The third-order valence-electron chi connectivity index (χ3n) is 2.09. The summed E-state index contributed by atoms with van der Waals surface area (Å²) >= 11 is 9.28. The Balaban J connectivity index is 3.03. The van der Waals surface area contributed by atoms with E-state index in [0.717, 1.165) is 15.6 Å². The van der Waals surface area contributed by atoms with E-state index >= 15 is 0 Å². The molecule has 14 heavy (non-hydrogen) atoms. The Labute approximate surface area is 94.0 Å². The number of pyridine rings is 1. The number of fused-ring (bicyclic) bond motifs is 1. The molecule has 0 saturated carbocycles. The van der Waals surface area contributed by atoms with E-state index in [2.05, 4.69) is 20.9 Å². The smallest absolute Gasteiger partial charge is 0.256 e. The molecule has 2 rings (SSSR count). The fourth-order valence-electron chi connectivity index (χ4n) is 1.39. The lowest BCUT2D eigenvalue weighted by Gasteiger charge is -2.03. The maximum absolute atomic E-state index is 11.5. The highest BCUT2D eigenvalue weighted by Gasteiger charge is 2.06. The van der Waals surface area contributed by atoms with Gasteiger partial charge in [0.1, 0.15) is 0 Å². The summed E-state index contributed by atoms with van der Waals surface area (Å²) < 4.78 is 0.884. The predicted octanol–water partition coefficient (Wildman–Crippen LogP) is 3.25. The van der Waals surface area contributed by atoms with Crippen molar-refractivity contribution in [3.8, 4) is 0 Å². The Morgan fingerprint density at radius 3 is 2.79 bits per heavy atom. The summed E-state index contributed by atoms with van der Waals surface area (Å²) in [6.07, 6.45) is 0. The van der Waals surface area contributed by atoms with Crippen LogP contribution in [0.15, 0.2) is 27.5 Å². The molecule has 0 fully saturated rings. The number of halogens is 2. The molecule has 0 radical (unpaired) electrons. The van der Waals surface area contributed by atoms with Crippen LogP contribution < -0.4 is 5.56 Å². The van der Waals surface area contributed by atoms with Crippen LogP contribution in [0.4, 0.5) is 0 Å². The molecular formula is C10H7BrClNO. The Hall–Kier alpha value is -0.800. The largest absolute Gasteiger partial charge is 0.325 e. The zero-order chi connectivity index (χ0) is 10.3. The van der Waals surface area contributed by atoms with Crippen molar-refractivity contribution in [3.05, 3.63) is 43.7 Å². The van der Waals surface area contributed by atoms with E-state index in [1.165, 1.54) is 0 Å². The molecule has 72 valence electrons. The minimum absolute atomic E-state index is 0.0858. The summed E-state index contributed by atoms with van der Waals surface area (Å²) in [6.45, 7) is 1.84. The van der Waals surface area contributed by atoms with E-state index in [0.29, 0.717) is 10.4 Å². The molecule has 0 aliphatic rings. The van der Waals surface area contributed by atoms with Gasteiger partial charge in [-0.1, -0.05) is 11.6 Å². The molecule has 2 aromatic rings. The minimum atomic E-state index is -0.0858. The second-order valence-corrected chi connectivity index (χ2v) is 4.31. The van der Waals surface area contributed by atoms with Crippen LogP contribution in [0.3, 0.4) is 0 Å². The summed E-state index contributed by atoms with van der Waals surface area (Å²) in [5, 5.41) is 2.12. The van der Waals surface area contributed by atoms with Crippen LogP contribution in [0, 0.1) is 6.92 Å². The van der Waals surface area contributed by atoms with Gasteiger partial charge in [-0.15, -0.1) is 0 Å². The quantitative estimate of drug-likeness (QED) is 0.784. The van der Waals surface area contributed by atoms with Crippen LogP contribution in [0.5, 0.6) is 0 Å². The number of rotatable bonds is 0. The van der Waals surface area contributed by atoms with E-state index in [1.54, 1.807) is 18.2 Å². The van der Waals surface area contributed by atoms with Gasteiger partial charge < -0.3 is 4.98 Å². The zero-order valence-electron chi connectivity index (χ0n) is 7.40. The van der Waals surface area contributed by atoms with Crippen molar-refractivity contribution in [3.63, 3.8) is 0 Å². The van der Waals surface area contributed by atoms with Crippen LogP contribution >= 0.6 is 27.5 Å². The third kappa shape index (κ3) is 1.47. The van der Waals surface area contributed by atoms with E-state index in [4.69, 9.17) is 11.6 Å². The zero-order valence-corrected chi connectivity index (χ0v) is 9.74. The van der Waals surface area contributed by atoms with Crippen molar-refractivity contribution in [2.24, 2.45) is 0 Å². The highest BCUT2D eigenvalue weighted by Crippen LogP contribution is 2.25. The van der Waals surface area contributed by atoms with Gasteiger partial charge in [0.25, 0.3) is 5.56 Å². The van der Waals surface area contributed by atoms with Gasteiger partial charge in [-0.05, 0) is 41.1 Å². The number of aromatic nitrogens is 1. The first kappa shape index (κ1) is 9.74. The lowest BCUT2D eigenvalue weighted by molar-refractivity contribution is 1.16. The molecule has 0 aliphatic heterocycles. The maximum atomic E-state index is 11.5. The first-order valence-corrected chi connectivity index (χ1v) is 5.24. The molecule has 0 saturated heterocycles. The number of hydrogen-bond donors (Lipinski definition) is 1. The standard InChI is InChI=1S/C10H7BrClNO/c1-5-9(11)8-4-6(12)2-3-7(8)10(14)13-5/h2-4H,1H3,(H,13,14). The number of aryl methyl sites for hydroxylation is 1. The summed E-state index contributed by atoms with van der Waals surface area (Å²) in [7, 11) is 0. The first-order chi connectivity index (χ1) is 6.59. The van der Waals surface area contributed by atoms with Crippen molar-refractivity contribution in [1.82, 2.24) is 4.98 Å². The van der Waals surface area contributed by atoms with Gasteiger partial charge in [0.2, 0.25) is 0 Å². The number of H-pyrrole nitrogens is 1. The maximum Gasteiger partial charge on any atom is 0.256 e. The van der Waals surface area contributed by atoms with Crippen LogP contribution in [-0.2, 0) is 0 Å². The molecule has 1 aromatic heterocycles. The van der Waals surface area contributed by atoms with Gasteiger partial charge in [0, 0.05) is 26.0 Å². The number of aromatic amines is 1. The summed E-state index contributed by atoms with van der Waals surface area (Å²) in [5.41, 5.74) is 0.724. The lowest BCUT2D eigenvalue weighted by atomic mass is 10.1. The van der Waals surface area contributed by atoms with Crippen LogP contribution in [0.25, 0.3) is 10.8 Å². The van der Waals surface area contributed by atoms with Gasteiger partial charge >= 0.3 is 0 Å². The van der Waals surface area contributed by atoms with Gasteiger partial charge in [-0.3, -0.25) is 4.79 Å². The summed E-state index contributed by atoms with van der Waals surface area (Å²) in [6, 6.07) is 5.21. The van der Waals surface area contributed by atoms with Gasteiger partial charge in [-0.25, -0.2) is 0 Å². The molecule has 0 spiro atoms. The summed E-state index contributed by atoms with van der Waals surface area (Å²) in [5.74, 6) is 0.